The Hall–Kier alpha value is -0.190. The average molecular weight is 362 g/mol. The van der Waals surface area contributed by atoms with Gasteiger partial charge < -0.3 is 10.6 Å². The van der Waals surface area contributed by atoms with Crippen molar-refractivity contribution in [2.45, 2.75) is 26.3 Å². The predicted molar refractivity (Wildman–Crippen MR) is 92.6 cm³/mol. The second-order valence-electron chi connectivity index (χ2n) is 5.09. The molecule has 2 N–H and O–H groups in total. The van der Waals surface area contributed by atoms with Crippen LogP contribution in [-0.2, 0) is 0 Å². The Morgan fingerprint density at radius 2 is 1.60 bits per heavy atom. The van der Waals surface area contributed by atoms with Gasteiger partial charge in [-0.05, 0) is 32.9 Å². The molecule has 0 radical (unpaired) electrons. The molecular formula is C13H20Cl4N2O. The van der Waals surface area contributed by atoms with Gasteiger partial charge in [-0.1, -0.05) is 23.2 Å². The summed E-state index contributed by atoms with van der Waals surface area (Å²) >= 11 is 12.1. The highest BCUT2D eigenvalue weighted by Crippen LogP contribution is 2.31. The zero-order chi connectivity index (χ0) is 13.9. The van der Waals surface area contributed by atoms with Crippen LogP contribution in [0.4, 0.5) is 5.69 Å². The molecule has 116 valence electrons. The molecular weight excluding hydrogens is 342 g/mol. The molecule has 0 aliphatic carbocycles. The molecule has 3 nitrogen and oxygen atoms in total. The highest BCUT2D eigenvalue weighted by atomic mass is 35.5. The van der Waals surface area contributed by atoms with E-state index in [1.54, 1.807) is 19.2 Å². The number of hydrogen-bond donors (Lipinski definition) is 2. The Kier molecular flexibility index (Phi) is 9.90. The highest BCUT2D eigenvalue weighted by molar-refractivity contribution is 6.39. The van der Waals surface area contributed by atoms with E-state index in [-0.39, 0.29) is 42.7 Å². The summed E-state index contributed by atoms with van der Waals surface area (Å²) in [5, 5.41) is 6.93. The van der Waals surface area contributed by atoms with Crippen molar-refractivity contribution in [1.29, 1.82) is 0 Å². The van der Waals surface area contributed by atoms with E-state index in [0.29, 0.717) is 21.3 Å². The number of benzene rings is 1. The van der Waals surface area contributed by atoms with Gasteiger partial charge in [-0.25, -0.2) is 0 Å². The summed E-state index contributed by atoms with van der Waals surface area (Å²) in [6.45, 7) is 6.27. The Labute approximate surface area is 142 Å². The minimum absolute atomic E-state index is 0. The van der Waals surface area contributed by atoms with Crippen LogP contribution in [0.1, 0.15) is 31.1 Å². The van der Waals surface area contributed by atoms with Crippen molar-refractivity contribution in [1.82, 2.24) is 5.32 Å². The lowest BCUT2D eigenvalue weighted by atomic mass is 10.1. The van der Waals surface area contributed by atoms with Gasteiger partial charge in [0, 0.05) is 18.2 Å². The molecule has 0 saturated carbocycles. The second kappa shape index (κ2) is 8.96. The van der Waals surface area contributed by atoms with Gasteiger partial charge >= 0.3 is 0 Å². The standard InChI is InChI=1S/C13H18Cl2N2O.2ClH/c1-13(2,3)17-7-11(18)8-5-9(14)12(16-4)10(15)6-8;;/h5-6,16-17H,7H2,1-4H3;2*1H. The fourth-order valence-electron chi connectivity index (χ4n) is 1.42. The summed E-state index contributed by atoms with van der Waals surface area (Å²) in [5.74, 6) is -0.0311. The molecule has 0 bridgehead atoms. The van der Waals surface area contributed by atoms with Crippen molar-refractivity contribution in [3.8, 4) is 0 Å². The first kappa shape index (κ1) is 22.1. The van der Waals surface area contributed by atoms with Crippen LogP contribution >= 0.6 is 48.0 Å². The van der Waals surface area contributed by atoms with E-state index in [2.05, 4.69) is 10.6 Å². The minimum Gasteiger partial charge on any atom is -0.386 e. The van der Waals surface area contributed by atoms with Gasteiger partial charge in [0.15, 0.2) is 5.78 Å². The predicted octanol–water partition coefficient (Wildman–Crippen LogP) is 4.45. The summed E-state index contributed by atoms with van der Waals surface area (Å²) in [6, 6.07) is 3.26. The topological polar surface area (TPSA) is 41.1 Å². The van der Waals surface area contributed by atoms with Gasteiger partial charge in [-0.15, -0.1) is 24.8 Å². The maximum absolute atomic E-state index is 12.0. The van der Waals surface area contributed by atoms with Crippen molar-refractivity contribution in [2.24, 2.45) is 0 Å². The molecule has 0 amide bonds. The second-order valence-corrected chi connectivity index (χ2v) is 5.91. The van der Waals surface area contributed by atoms with Crippen LogP contribution in [0.15, 0.2) is 12.1 Å². The Morgan fingerprint density at radius 3 is 1.95 bits per heavy atom. The molecule has 1 aromatic rings. The average Bonchev–Trinajstić information content (AvgIpc) is 2.24. The first-order valence-electron chi connectivity index (χ1n) is 5.69. The van der Waals surface area contributed by atoms with Gasteiger partial charge in [-0.3, -0.25) is 4.79 Å². The highest BCUT2D eigenvalue weighted by Gasteiger charge is 2.15. The number of hydrogen-bond acceptors (Lipinski definition) is 3. The number of carbonyl (C=O) groups excluding carboxylic acids is 1. The van der Waals surface area contributed by atoms with Gasteiger partial charge in [0.1, 0.15) is 0 Å². The van der Waals surface area contributed by atoms with E-state index in [4.69, 9.17) is 23.2 Å². The summed E-state index contributed by atoms with van der Waals surface area (Å²) < 4.78 is 0. The lowest BCUT2D eigenvalue weighted by molar-refractivity contribution is 0.0982. The zero-order valence-electron chi connectivity index (χ0n) is 11.8. The minimum atomic E-state index is -0.103. The van der Waals surface area contributed by atoms with Crippen LogP contribution in [0.2, 0.25) is 10.0 Å². The summed E-state index contributed by atoms with van der Waals surface area (Å²) in [6.07, 6.45) is 0. The number of ketones is 1. The van der Waals surface area contributed by atoms with Crippen LogP contribution in [0.5, 0.6) is 0 Å². The third-order valence-corrected chi connectivity index (χ3v) is 2.99. The SMILES string of the molecule is CNc1c(Cl)cc(C(=O)CNC(C)(C)C)cc1Cl.Cl.Cl. The van der Waals surface area contributed by atoms with E-state index in [9.17, 15) is 4.79 Å². The van der Waals surface area contributed by atoms with E-state index in [1.807, 2.05) is 20.8 Å². The number of anilines is 1. The van der Waals surface area contributed by atoms with Gasteiger partial charge in [0.2, 0.25) is 0 Å². The van der Waals surface area contributed by atoms with Crippen molar-refractivity contribution >= 4 is 59.5 Å². The molecule has 1 rings (SSSR count). The summed E-state index contributed by atoms with van der Waals surface area (Å²) in [7, 11) is 1.73. The van der Waals surface area contributed by atoms with E-state index >= 15 is 0 Å². The third kappa shape index (κ3) is 6.51. The fourth-order valence-corrected chi connectivity index (χ4v) is 2.10. The van der Waals surface area contributed by atoms with E-state index < -0.39 is 0 Å². The number of Topliss-reactive ketones (excluding diaryl/α,β-unsaturated/α-hetero) is 1. The molecule has 7 heteroatoms. The van der Waals surface area contributed by atoms with Crippen molar-refractivity contribution < 1.29 is 4.79 Å². The lowest BCUT2D eigenvalue weighted by Crippen LogP contribution is -2.39. The normalized spacial score (nSPS) is 10.3. The van der Waals surface area contributed by atoms with Gasteiger partial charge in [0.05, 0.1) is 22.3 Å². The Bertz CT molecular complexity index is 435. The first-order chi connectivity index (χ1) is 8.24. The third-order valence-electron chi connectivity index (χ3n) is 2.39. The maximum Gasteiger partial charge on any atom is 0.176 e. The van der Waals surface area contributed by atoms with Crippen LogP contribution in [0.25, 0.3) is 0 Å². The molecule has 0 spiro atoms. The molecule has 0 saturated heterocycles. The first-order valence-corrected chi connectivity index (χ1v) is 6.45. The molecule has 0 aromatic heterocycles. The summed E-state index contributed by atoms with van der Waals surface area (Å²) in [4.78, 5) is 12.0. The monoisotopic (exact) mass is 360 g/mol. The molecule has 20 heavy (non-hydrogen) atoms. The quantitative estimate of drug-likeness (QED) is 0.778. The van der Waals surface area contributed by atoms with E-state index in [1.165, 1.54) is 0 Å². The molecule has 0 aliphatic rings. The lowest BCUT2D eigenvalue weighted by Gasteiger charge is -2.20. The van der Waals surface area contributed by atoms with Crippen molar-refractivity contribution in [3.05, 3.63) is 27.7 Å². The van der Waals surface area contributed by atoms with Crippen LogP contribution in [0, 0.1) is 0 Å². The molecule has 0 atom stereocenters. The van der Waals surface area contributed by atoms with Gasteiger partial charge in [0.25, 0.3) is 0 Å². The maximum atomic E-state index is 12.0. The Balaban J connectivity index is 0. The van der Waals surface area contributed by atoms with Gasteiger partial charge in [-0.2, -0.15) is 0 Å². The number of rotatable bonds is 4. The molecule has 1 aromatic carbocycles. The zero-order valence-corrected chi connectivity index (χ0v) is 15.0. The fraction of sp³-hybridized carbons (Fsp3) is 0.462. The van der Waals surface area contributed by atoms with Crippen molar-refractivity contribution in [3.63, 3.8) is 0 Å². The molecule has 0 unspecified atom stereocenters. The van der Waals surface area contributed by atoms with Crippen molar-refractivity contribution in [2.75, 3.05) is 18.9 Å². The largest absolute Gasteiger partial charge is 0.386 e. The Morgan fingerprint density at radius 1 is 1.15 bits per heavy atom. The summed E-state index contributed by atoms with van der Waals surface area (Å²) in [5.41, 5.74) is 1.05. The number of nitrogens with one attached hydrogen (secondary N) is 2. The van der Waals surface area contributed by atoms with Crippen LogP contribution < -0.4 is 10.6 Å². The molecule has 0 heterocycles. The van der Waals surface area contributed by atoms with Crippen LogP contribution in [-0.4, -0.2) is 24.9 Å². The number of carbonyl (C=O) groups is 1. The smallest absolute Gasteiger partial charge is 0.176 e. The molecule has 0 fully saturated rings. The molecule has 0 aliphatic heterocycles. The number of halogens is 4. The van der Waals surface area contributed by atoms with E-state index in [0.717, 1.165) is 0 Å². The van der Waals surface area contributed by atoms with Crippen LogP contribution in [0.3, 0.4) is 0 Å².